The summed E-state index contributed by atoms with van der Waals surface area (Å²) in [4.78, 5) is 22.1. The van der Waals surface area contributed by atoms with Gasteiger partial charge in [0, 0.05) is 33.9 Å². The molecule has 1 aliphatic rings. The number of anilines is 1. The monoisotopic (exact) mass is 393 g/mol. The normalized spacial score (nSPS) is 13.7. The Bertz CT molecular complexity index is 1100. The molecule has 4 aromatic heterocycles. The largest absolute Gasteiger partial charge is 0.364 e. The van der Waals surface area contributed by atoms with E-state index in [9.17, 15) is 0 Å². The lowest BCUT2D eigenvalue weighted by molar-refractivity contribution is 0.700. The van der Waals surface area contributed by atoms with Gasteiger partial charge in [0.05, 0.1) is 16.9 Å². The van der Waals surface area contributed by atoms with Gasteiger partial charge in [-0.3, -0.25) is 4.98 Å². The SMILES string of the molecule is Cc1ncc(CNc2nc(-c3cccnc3)nc3sc4c(c23)CCCC4)s1. The van der Waals surface area contributed by atoms with Gasteiger partial charge in [-0.15, -0.1) is 22.7 Å². The summed E-state index contributed by atoms with van der Waals surface area (Å²) < 4.78 is 0. The minimum absolute atomic E-state index is 0.731. The fourth-order valence-corrected chi connectivity index (χ4v) is 5.56. The van der Waals surface area contributed by atoms with Gasteiger partial charge in [0.25, 0.3) is 0 Å². The first kappa shape index (κ1) is 16.8. The Morgan fingerprint density at radius 3 is 2.85 bits per heavy atom. The van der Waals surface area contributed by atoms with Crippen LogP contribution in [0.5, 0.6) is 0 Å². The molecule has 5 nitrogen and oxygen atoms in total. The highest BCUT2D eigenvalue weighted by atomic mass is 32.1. The van der Waals surface area contributed by atoms with E-state index in [0.717, 1.165) is 46.4 Å². The van der Waals surface area contributed by atoms with E-state index in [-0.39, 0.29) is 0 Å². The number of rotatable bonds is 4. The first-order chi connectivity index (χ1) is 13.3. The molecule has 0 saturated carbocycles. The summed E-state index contributed by atoms with van der Waals surface area (Å²) in [6.45, 7) is 2.77. The Hall–Kier alpha value is -2.38. The van der Waals surface area contributed by atoms with E-state index in [1.165, 1.54) is 33.5 Å². The molecule has 5 rings (SSSR count). The predicted molar refractivity (Wildman–Crippen MR) is 111 cm³/mol. The Balaban J connectivity index is 1.62. The molecule has 0 fully saturated rings. The van der Waals surface area contributed by atoms with E-state index < -0.39 is 0 Å². The number of pyridine rings is 1. The van der Waals surface area contributed by atoms with Gasteiger partial charge < -0.3 is 5.32 Å². The zero-order valence-corrected chi connectivity index (χ0v) is 16.7. The van der Waals surface area contributed by atoms with Crippen LogP contribution in [0.1, 0.15) is 33.2 Å². The second kappa shape index (κ2) is 6.98. The average molecular weight is 394 g/mol. The molecule has 0 aromatic carbocycles. The molecule has 0 radical (unpaired) electrons. The van der Waals surface area contributed by atoms with Crippen LogP contribution in [0.15, 0.2) is 30.7 Å². The van der Waals surface area contributed by atoms with Crippen molar-refractivity contribution in [2.45, 2.75) is 39.2 Å². The fourth-order valence-electron chi connectivity index (χ4n) is 3.57. The molecule has 7 heteroatoms. The van der Waals surface area contributed by atoms with Gasteiger partial charge in [-0.2, -0.15) is 0 Å². The Morgan fingerprint density at radius 2 is 2.04 bits per heavy atom. The molecule has 27 heavy (non-hydrogen) atoms. The molecule has 0 aliphatic heterocycles. The number of aryl methyl sites for hydroxylation is 3. The maximum absolute atomic E-state index is 4.90. The molecule has 0 unspecified atom stereocenters. The van der Waals surface area contributed by atoms with Crippen molar-refractivity contribution in [2.75, 3.05) is 5.32 Å². The highest BCUT2D eigenvalue weighted by Crippen LogP contribution is 2.39. The first-order valence-corrected chi connectivity index (χ1v) is 10.8. The number of thiophene rings is 1. The summed E-state index contributed by atoms with van der Waals surface area (Å²) in [5.41, 5.74) is 2.39. The molecule has 0 spiro atoms. The minimum Gasteiger partial charge on any atom is -0.364 e. The van der Waals surface area contributed by atoms with Crippen molar-refractivity contribution in [2.24, 2.45) is 0 Å². The van der Waals surface area contributed by atoms with Crippen LogP contribution < -0.4 is 5.32 Å². The summed E-state index contributed by atoms with van der Waals surface area (Å²) in [5, 5.41) is 5.87. The van der Waals surface area contributed by atoms with Gasteiger partial charge in [-0.25, -0.2) is 15.0 Å². The molecule has 0 amide bonds. The Morgan fingerprint density at radius 1 is 1.11 bits per heavy atom. The third-order valence-electron chi connectivity index (χ3n) is 4.83. The number of nitrogens with one attached hydrogen (secondary N) is 1. The van der Waals surface area contributed by atoms with Crippen molar-refractivity contribution in [3.05, 3.63) is 51.0 Å². The molecule has 4 heterocycles. The van der Waals surface area contributed by atoms with Crippen LogP contribution in [0.2, 0.25) is 0 Å². The van der Waals surface area contributed by atoms with Crippen LogP contribution in [-0.4, -0.2) is 19.9 Å². The molecule has 1 aliphatic carbocycles. The number of thiazole rings is 1. The zero-order chi connectivity index (χ0) is 18.2. The first-order valence-electron chi connectivity index (χ1n) is 9.16. The summed E-state index contributed by atoms with van der Waals surface area (Å²) >= 11 is 3.55. The van der Waals surface area contributed by atoms with E-state index in [4.69, 9.17) is 9.97 Å². The van der Waals surface area contributed by atoms with Crippen LogP contribution in [0.25, 0.3) is 21.6 Å². The third-order valence-corrected chi connectivity index (χ3v) is 6.93. The summed E-state index contributed by atoms with van der Waals surface area (Å²) in [5.74, 6) is 1.67. The van der Waals surface area contributed by atoms with E-state index in [0.29, 0.717) is 0 Å². The highest BCUT2D eigenvalue weighted by Gasteiger charge is 2.21. The lowest BCUT2D eigenvalue weighted by Gasteiger charge is -2.13. The van der Waals surface area contributed by atoms with Gasteiger partial charge in [0.1, 0.15) is 10.6 Å². The maximum Gasteiger partial charge on any atom is 0.164 e. The average Bonchev–Trinajstić information content (AvgIpc) is 3.29. The van der Waals surface area contributed by atoms with Crippen LogP contribution in [0.3, 0.4) is 0 Å². The number of hydrogen-bond acceptors (Lipinski definition) is 7. The predicted octanol–water partition coefficient (Wildman–Crippen LogP) is 5.01. The molecule has 136 valence electrons. The van der Waals surface area contributed by atoms with Crippen molar-refractivity contribution in [1.29, 1.82) is 0 Å². The van der Waals surface area contributed by atoms with Crippen LogP contribution in [0.4, 0.5) is 5.82 Å². The van der Waals surface area contributed by atoms with Crippen LogP contribution >= 0.6 is 22.7 Å². The number of fused-ring (bicyclic) bond motifs is 3. The molecular formula is C20H19N5S2. The van der Waals surface area contributed by atoms with Gasteiger partial charge in [-0.05, 0) is 50.3 Å². The van der Waals surface area contributed by atoms with Crippen molar-refractivity contribution >= 4 is 38.7 Å². The van der Waals surface area contributed by atoms with Gasteiger partial charge in [-0.1, -0.05) is 0 Å². The minimum atomic E-state index is 0.731. The van der Waals surface area contributed by atoms with E-state index in [2.05, 4.69) is 15.3 Å². The van der Waals surface area contributed by atoms with E-state index in [1.54, 1.807) is 17.5 Å². The van der Waals surface area contributed by atoms with Crippen LogP contribution in [0, 0.1) is 6.92 Å². The van der Waals surface area contributed by atoms with Crippen molar-refractivity contribution in [3.63, 3.8) is 0 Å². The van der Waals surface area contributed by atoms with E-state index >= 15 is 0 Å². The third kappa shape index (κ3) is 3.21. The lowest BCUT2D eigenvalue weighted by atomic mass is 9.97. The Kier molecular flexibility index (Phi) is 4.33. The second-order valence-corrected chi connectivity index (χ2v) is 9.13. The fraction of sp³-hybridized carbons (Fsp3) is 0.300. The summed E-state index contributed by atoms with van der Waals surface area (Å²) in [6.07, 6.45) is 10.3. The summed E-state index contributed by atoms with van der Waals surface area (Å²) in [6, 6.07) is 3.94. The highest BCUT2D eigenvalue weighted by molar-refractivity contribution is 7.19. The molecule has 0 saturated heterocycles. The van der Waals surface area contributed by atoms with Gasteiger partial charge >= 0.3 is 0 Å². The maximum atomic E-state index is 4.90. The number of hydrogen-bond donors (Lipinski definition) is 1. The van der Waals surface area contributed by atoms with Crippen molar-refractivity contribution < 1.29 is 0 Å². The summed E-state index contributed by atoms with van der Waals surface area (Å²) in [7, 11) is 0. The second-order valence-electron chi connectivity index (χ2n) is 6.73. The van der Waals surface area contributed by atoms with Gasteiger partial charge in [0.15, 0.2) is 5.82 Å². The molecular weight excluding hydrogens is 374 g/mol. The number of aromatic nitrogens is 4. The molecule has 4 aromatic rings. The molecule has 0 bridgehead atoms. The molecule has 0 atom stereocenters. The number of nitrogens with zero attached hydrogens (tertiary/aromatic N) is 4. The van der Waals surface area contributed by atoms with Crippen molar-refractivity contribution in [3.8, 4) is 11.4 Å². The van der Waals surface area contributed by atoms with Crippen LogP contribution in [-0.2, 0) is 19.4 Å². The van der Waals surface area contributed by atoms with E-state index in [1.807, 2.05) is 42.8 Å². The van der Waals surface area contributed by atoms with Gasteiger partial charge in [0.2, 0.25) is 0 Å². The quantitative estimate of drug-likeness (QED) is 0.528. The van der Waals surface area contributed by atoms with Crippen molar-refractivity contribution in [1.82, 2.24) is 19.9 Å². The standard InChI is InChI=1S/C20H19N5S2/c1-12-22-10-14(26-12)11-23-19-17-15-6-2-3-7-16(15)27-20(17)25-18(24-19)13-5-4-8-21-9-13/h4-5,8-10H,2-3,6-7,11H2,1H3,(H,23,24,25). The zero-order valence-electron chi connectivity index (χ0n) is 15.0. The molecule has 1 N–H and O–H groups in total. The Labute approximate surface area is 165 Å². The lowest BCUT2D eigenvalue weighted by Crippen LogP contribution is -2.05. The smallest absolute Gasteiger partial charge is 0.164 e. The topological polar surface area (TPSA) is 63.6 Å².